The van der Waals surface area contributed by atoms with Crippen molar-refractivity contribution in [2.75, 3.05) is 24.3 Å². The van der Waals surface area contributed by atoms with Crippen LogP contribution in [0.4, 0.5) is 0 Å². The van der Waals surface area contributed by atoms with Gasteiger partial charge in [-0.3, -0.25) is 4.79 Å². The van der Waals surface area contributed by atoms with Crippen molar-refractivity contribution in [2.24, 2.45) is 0 Å². The number of amides is 1. The number of hydrogen-bond donors (Lipinski definition) is 3. The molecule has 0 aliphatic rings. The summed E-state index contributed by atoms with van der Waals surface area (Å²) in [6.07, 6.45) is 3.02. The second-order valence-corrected chi connectivity index (χ2v) is 7.53. The Labute approximate surface area is 126 Å². The Kier molecular flexibility index (Phi) is 10.3. The summed E-state index contributed by atoms with van der Waals surface area (Å²) in [7, 11) is -3.41. The molecule has 2 unspecified atom stereocenters. The van der Waals surface area contributed by atoms with Gasteiger partial charge >= 0.3 is 0 Å². The van der Waals surface area contributed by atoms with E-state index < -0.39 is 22.2 Å². The molecular formula is C12H26N2O4S2. The molecule has 0 radical (unpaired) electrons. The summed E-state index contributed by atoms with van der Waals surface area (Å²) in [6.45, 7) is 3.74. The number of aliphatic hydroxyl groups is 1. The molecule has 0 heterocycles. The Bertz CT molecular complexity index is 374. The molecule has 0 rings (SSSR count). The zero-order valence-electron chi connectivity index (χ0n) is 12.4. The van der Waals surface area contributed by atoms with Crippen molar-refractivity contribution in [1.82, 2.24) is 10.0 Å². The average molecular weight is 326 g/mol. The standard InChI is InChI=1S/C12H26N2O4S2/c1-4-10(15)6-8-13-12(16)11(7-9-19-3)14-20(17,18)5-2/h10-11,14-15H,4-9H2,1-3H3,(H,13,16). The molecule has 120 valence electrons. The quantitative estimate of drug-likeness (QED) is 0.508. The fourth-order valence-corrected chi connectivity index (χ4v) is 2.77. The molecule has 0 spiro atoms. The number of nitrogens with one attached hydrogen (secondary N) is 2. The van der Waals surface area contributed by atoms with Gasteiger partial charge in [-0.15, -0.1) is 0 Å². The molecule has 20 heavy (non-hydrogen) atoms. The number of hydrogen-bond acceptors (Lipinski definition) is 5. The van der Waals surface area contributed by atoms with E-state index in [1.807, 2.05) is 13.2 Å². The third-order valence-corrected chi connectivity index (χ3v) is 4.92. The van der Waals surface area contributed by atoms with E-state index in [1.54, 1.807) is 11.8 Å². The van der Waals surface area contributed by atoms with E-state index in [-0.39, 0.29) is 11.7 Å². The highest BCUT2D eigenvalue weighted by Crippen LogP contribution is 2.03. The predicted molar refractivity (Wildman–Crippen MR) is 83.3 cm³/mol. The van der Waals surface area contributed by atoms with E-state index in [1.165, 1.54) is 6.92 Å². The van der Waals surface area contributed by atoms with Crippen LogP contribution in [0.15, 0.2) is 0 Å². The van der Waals surface area contributed by atoms with Crippen molar-refractivity contribution >= 4 is 27.7 Å². The van der Waals surface area contributed by atoms with Gasteiger partial charge in [0.2, 0.25) is 15.9 Å². The maximum Gasteiger partial charge on any atom is 0.238 e. The van der Waals surface area contributed by atoms with E-state index in [2.05, 4.69) is 10.0 Å². The smallest absolute Gasteiger partial charge is 0.238 e. The van der Waals surface area contributed by atoms with Gasteiger partial charge in [0.05, 0.1) is 11.9 Å². The summed E-state index contributed by atoms with van der Waals surface area (Å²) in [5.74, 6) is 0.311. The van der Waals surface area contributed by atoms with Crippen LogP contribution in [-0.2, 0) is 14.8 Å². The van der Waals surface area contributed by atoms with Gasteiger partial charge in [-0.25, -0.2) is 13.1 Å². The Morgan fingerprint density at radius 3 is 2.45 bits per heavy atom. The summed E-state index contributed by atoms with van der Waals surface area (Å²) in [5, 5.41) is 12.1. The lowest BCUT2D eigenvalue weighted by atomic mass is 10.2. The molecule has 0 aromatic carbocycles. The Balaban J connectivity index is 4.41. The molecular weight excluding hydrogens is 300 g/mol. The monoisotopic (exact) mass is 326 g/mol. The topological polar surface area (TPSA) is 95.5 Å². The number of aliphatic hydroxyl groups excluding tert-OH is 1. The molecule has 0 aromatic heterocycles. The maximum absolute atomic E-state index is 12.0. The van der Waals surface area contributed by atoms with Crippen molar-refractivity contribution in [3.8, 4) is 0 Å². The highest BCUT2D eigenvalue weighted by molar-refractivity contribution is 7.98. The minimum atomic E-state index is -3.41. The van der Waals surface area contributed by atoms with Gasteiger partial charge < -0.3 is 10.4 Å². The maximum atomic E-state index is 12.0. The molecule has 0 fully saturated rings. The first-order chi connectivity index (χ1) is 9.36. The van der Waals surface area contributed by atoms with Gasteiger partial charge in [0.1, 0.15) is 6.04 Å². The fraction of sp³-hybridized carbons (Fsp3) is 0.917. The molecule has 3 N–H and O–H groups in total. The predicted octanol–water partition coefficient (Wildman–Crippen LogP) is 0.325. The third kappa shape index (κ3) is 8.78. The lowest BCUT2D eigenvalue weighted by Crippen LogP contribution is -2.47. The highest BCUT2D eigenvalue weighted by Gasteiger charge is 2.22. The van der Waals surface area contributed by atoms with Crippen LogP contribution in [0.2, 0.25) is 0 Å². The van der Waals surface area contributed by atoms with Gasteiger partial charge in [-0.2, -0.15) is 11.8 Å². The van der Waals surface area contributed by atoms with Crippen molar-refractivity contribution in [2.45, 2.75) is 45.3 Å². The first-order valence-electron chi connectivity index (χ1n) is 6.81. The van der Waals surface area contributed by atoms with E-state index >= 15 is 0 Å². The second kappa shape index (κ2) is 10.4. The number of carbonyl (C=O) groups excluding carboxylic acids is 1. The van der Waals surface area contributed by atoms with Crippen molar-refractivity contribution in [3.63, 3.8) is 0 Å². The number of rotatable bonds is 11. The van der Waals surface area contributed by atoms with Crippen molar-refractivity contribution in [1.29, 1.82) is 0 Å². The van der Waals surface area contributed by atoms with Crippen molar-refractivity contribution in [3.05, 3.63) is 0 Å². The van der Waals surface area contributed by atoms with Crippen LogP contribution in [0.25, 0.3) is 0 Å². The largest absolute Gasteiger partial charge is 0.393 e. The Morgan fingerprint density at radius 2 is 1.95 bits per heavy atom. The first-order valence-corrected chi connectivity index (χ1v) is 9.85. The molecule has 0 aromatic rings. The SMILES string of the molecule is CCC(O)CCNC(=O)C(CCSC)NS(=O)(=O)CC. The summed E-state index contributed by atoms with van der Waals surface area (Å²) in [4.78, 5) is 12.0. The Hall–Kier alpha value is -0.310. The number of carbonyl (C=O) groups is 1. The summed E-state index contributed by atoms with van der Waals surface area (Å²) in [5.41, 5.74) is 0. The molecule has 1 amide bonds. The normalized spacial score (nSPS) is 14.8. The lowest BCUT2D eigenvalue weighted by molar-refractivity contribution is -0.122. The van der Waals surface area contributed by atoms with Gasteiger partial charge in [0, 0.05) is 6.54 Å². The molecule has 0 aliphatic heterocycles. The highest BCUT2D eigenvalue weighted by atomic mass is 32.2. The van der Waals surface area contributed by atoms with Crippen LogP contribution in [0.5, 0.6) is 0 Å². The number of sulfonamides is 1. The van der Waals surface area contributed by atoms with E-state index in [9.17, 15) is 18.3 Å². The van der Waals surface area contributed by atoms with Gasteiger partial charge in [0.25, 0.3) is 0 Å². The molecule has 0 saturated carbocycles. The first kappa shape index (κ1) is 19.7. The summed E-state index contributed by atoms with van der Waals surface area (Å²) < 4.78 is 25.5. The fourth-order valence-electron chi connectivity index (χ4n) is 1.47. The molecule has 0 bridgehead atoms. The third-order valence-electron chi connectivity index (χ3n) is 2.88. The summed E-state index contributed by atoms with van der Waals surface area (Å²) >= 11 is 1.56. The molecule has 2 atom stereocenters. The van der Waals surface area contributed by atoms with Crippen molar-refractivity contribution < 1.29 is 18.3 Å². The van der Waals surface area contributed by atoms with E-state index in [4.69, 9.17) is 0 Å². The van der Waals surface area contributed by atoms with E-state index in [0.717, 1.165) is 0 Å². The van der Waals surface area contributed by atoms with Crippen LogP contribution in [0.3, 0.4) is 0 Å². The molecule has 0 saturated heterocycles. The zero-order valence-corrected chi connectivity index (χ0v) is 14.0. The van der Waals surface area contributed by atoms with Crippen LogP contribution < -0.4 is 10.0 Å². The number of thioether (sulfide) groups is 1. The van der Waals surface area contributed by atoms with Crippen LogP contribution >= 0.6 is 11.8 Å². The van der Waals surface area contributed by atoms with Crippen LogP contribution in [-0.4, -0.2) is 55.9 Å². The lowest BCUT2D eigenvalue weighted by Gasteiger charge is -2.18. The minimum Gasteiger partial charge on any atom is -0.393 e. The van der Waals surface area contributed by atoms with Crippen LogP contribution in [0, 0.1) is 0 Å². The van der Waals surface area contributed by atoms with E-state index in [0.29, 0.717) is 31.6 Å². The van der Waals surface area contributed by atoms with Gasteiger partial charge in [0.15, 0.2) is 0 Å². The van der Waals surface area contributed by atoms with Gasteiger partial charge in [-0.05, 0) is 38.2 Å². The average Bonchev–Trinajstić information content (AvgIpc) is 2.42. The van der Waals surface area contributed by atoms with Crippen LogP contribution in [0.1, 0.15) is 33.1 Å². The van der Waals surface area contributed by atoms with Gasteiger partial charge in [-0.1, -0.05) is 6.92 Å². The Morgan fingerprint density at radius 1 is 1.30 bits per heavy atom. The molecule has 6 nitrogen and oxygen atoms in total. The zero-order chi connectivity index (χ0) is 15.6. The molecule has 0 aliphatic carbocycles. The summed E-state index contributed by atoms with van der Waals surface area (Å²) in [6, 6.07) is -0.744. The second-order valence-electron chi connectivity index (χ2n) is 4.50. The molecule has 8 heteroatoms. The minimum absolute atomic E-state index is 0.0510.